The smallest absolute Gasteiger partial charge is 0.343 e. The second-order valence-electron chi connectivity index (χ2n) is 6.19. The topological polar surface area (TPSA) is 51.3 Å². The van der Waals surface area contributed by atoms with Crippen LogP contribution < -0.4 is 10.4 Å². The van der Waals surface area contributed by atoms with Crippen LogP contribution in [0.15, 0.2) is 17.1 Å². The molecule has 0 saturated carbocycles. The lowest BCUT2D eigenvalue weighted by atomic mass is 10.1. The van der Waals surface area contributed by atoms with E-state index in [9.17, 15) is 22.8 Å². The molecule has 128 valence electrons. The summed E-state index contributed by atoms with van der Waals surface area (Å²) in [4.78, 5) is 24.4. The molecule has 1 saturated heterocycles. The number of nitrogens with zero attached hydrogens (tertiary/aromatic N) is 2. The molecular formula is C16H15F3N2O3. The van der Waals surface area contributed by atoms with Crippen molar-refractivity contribution in [3.8, 4) is 0 Å². The van der Waals surface area contributed by atoms with Gasteiger partial charge in [-0.15, -0.1) is 0 Å². The monoisotopic (exact) mass is 340 g/mol. The Morgan fingerprint density at radius 3 is 2.46 bits per heavy atom. The maximum Gasteiger partial charge on any atom is 0.343 e. The summed E-state index contributed by atoms with van der Waals surface area (Å²) in [5.41, 5.74) is -2.04. The van der Waals surface area contributed by atoms with E-state index in [0.717, 1.165) is 6.20 Å². The summed E-state index contributed by atoms with van der Waals surface area (Å²) in [5.74, 6) is -5.53. The van der Waals surface area contributed by atoms with Gasteiger partial charge in [-0.1, -0.05) is 0 Å². The van der Waals surface area contributed by atoms with Gasteiger partial charge >= 0.3 is 5.97 Å². The van der Waals surface area contributed by atoms with E-state index in [4.69, 9.17) is 4.74 Å². The number of carbonyl (C=O) groups excluding carboxylic acids is 1. The van der Waals surface area contributed by atoms with Gasteiger partial charge in [-0.3, -0.25) is 9.47 Å². The summed E-state index contributed by atoms with van der Waals surface area (Å²) in [5, 5.41) is 1.21. The molecule has 0 radical (unpaired) electrons. The van der Waals surface area contributed by atoms with Crippen LogP contribution in [0.2, 0.25) is 0 Å². The third-order valence-electron chi connectivity index (χ3n) is 3.99. The number of fused-ring (bicyclic) bond motifs is 1. The van der Waals surface area contributed by atoms with E-state index in [1.165, 1.54) is 4.68 Å². The van der Waals surface area contributed by atoms with E-state index in [0.29, 0.717) is 12.6 Å². The zero-order valence-corrected chi connectivity index (χ0v) is 13.3. The predicted octanol–water partition coefficient (Wildman–Crippen LogP) is 2.33. The molecule has 0 N–H and O–H groups in total. The van der Waals surface area contributed by atoms with Crippen molar-refractivity contribution in [2.45, 2.75) is 26.3 Å². The van der Waals surface area contributed by atoms with E-state index in [2.05, 4.69) is 0 Å². The van der Waals surface area contributed by atoms with Crippen molar-refractivity contribution in [2.24, 2.45) is 0 Å². The Bertz CT molecular complexity index is 921. The van der Waals surface area contributed by atoms with Gasteiger partial charge in [0.15, 0.2) is 17.5 Å². The highest BCUT2D eigenvalue weighted by Gasteiger charge is 2.45. The Morgan fingerprint density at radius 1 is 1.29 bits per heavy atom. The number of carbonyl (C=O) groups is 1. The number of rotatable bonds is 3. The minimum atomic E-state index is -1.67. The maximum atomic E-state index is 14.3. The summed E-state index contributed by atoms with van der Waals surface area (Å²) in [6, 6.07) is 0.603. The van der Waals surface area contributed by atoms with Gasteiger partial charge in [0.2, 0.25) is 5.43 Å². The molecule has 8 heteroatoms. The van der Waals surface area contributed by atoms with Crippen molar-refractivity contribution in [2.75, 3.05) is 18.2 Å². The molecule has 0 spiro atoms. The zero-order chi connectivity index (χ0) is 17.8. The third-order valence-corrected chi connectivity index (χ3v) is 3.99. The average Bonchev–Trinajstić information content (AvgIpc) is 3.14. The van der Waals surface area contributed by atoms with E-state index in [-0.39, 0.29) is 17.7 Å². The molecule has 2 aromatic rings. The van der Waals surface area contributed by atoms with Crippen molar-refractivity contribution in [3.05, 3.63) is 45.5 Å². The van der Waals surface area contributed by atoms with Crippen molar-refractivity contribution in [1.29, 1.82) is 0 Å². The second-order valence-corrected chi connectivity index (χ2v) is 6.19. The fourth-order valence-electron chi connectivity index (χ4n) is 2.62. The Hall–Kier alpha value is -2.51. The molecule has 0 unspecified atom stereocenters. The fraction of sp³-hybridized carbons (Fsp3) is 0.375. The van der Waals surface area contributed by atoms with Crippen LogP contribution in [0, 0.1) is 17.5 Å². The van der Waals surface area contributed by atoms with Crippen molar-refractivity contribution < 1.29 is 22.7 Å². The SMILES string of the molecule is CCOC(=O)c1cn(N2CC2(C)C)c2c(F)c(F)c(F)cc2c1=O. The lowest BCUT2D eigenvalue weighted by molar-refractivity contribution is 0.0524. The van der Waals surface area contributed by atoms with Crippen LogP contribution in [-0.4, -0.2) is 29.3 Å². The number of pyridine rings is 1. The van der Waals surface area contributed by atoms with Crippen molar-refractivity contribution in [1.82, 2.24) is 4.68 Å². The fourth-order valence-corrected chi connectivity index (χ4v) is 2.62. The molecule has 0 bridgehead atoms. The first-order valence-corrected chi connectivity index (χ1v) is 7.37. The summed E-state index contributed by atoms with van der Waals surface area (Å²) >= 11 is 0. The Balaban J connectivity index is 2.38. The lowest BCUT2D eigenvalue weighted by Gasteiger charge is -2.18. The molecule has 1 aromatic carbocycles. The molecule has 24 heavy (non-hydrogen) atoms. The first-order valence-electron chi connectivity index (χ1n) is 7.37. The molecule has 0 atom stereocenters. The minimum absolute atomic E-state index is 0.0393. The summed E-state index contributed by atoms with van der Waals surface area (Å²) < 4.78 is 47.5. The van der Waals surface area contributed by atoms with Gasteiger partial charge < -0.3 is 9.75 Å². The van der Waals surface area contributed by atoms with E-state index in [1.54, 1.807) is 11.9 Å². The number of benzene rings is 1. The largest absolute Gasteiger partial charge is 0.462 e. The first kappa shape index (κ1) is 16.4. The standard InChI is InChI=1S/C16H15F3N2O3/c1-4-24-15(23)9-6-20(21-7-16(21,2)3)13-8(14(9)22)5-10(17)11(18)12(13)19/h5-6H,4,7H2,1-3H3. The van der Waals surface area contributed by atoms with Crippen LogP contribution in [0.1, 0.15) is 31.1 Å². The molecule has 5 nitrogen and oxygen atoms in total. The number of hydrogen-bond acceptors (Lipinski definition) is 4. The molecular weight excluding hydrogens is 325 g/mol. The van der Waals surface area contributed by atoms with Crippen LogP contribution in [0.4, 0.5) is 13.2 Å². The van der Waals surface area contributed by atoms with E-state index < -0.39 is 39.8 Å². The van der Waals surface area contributed by atoms with Gasteiger partial charge in [0, 0.05) is 6.20 Å². The summed E-state index contributed by atoms with van der Waals surface area (Å²) in [6.07, 6.45) is 1.11. The average molecular weight is 340 g/mol. The number of halogens is 3. The lowest BCUT2D eigenvalue weighted by Crippen LogP contribution is -2.28. The Morgan fingerprint density at radius 2 is 1.92 bits per heavy atom. The van der Waals surface area contributed by atoms with Gasteiger partial charge in [0.1, 0.15) is 11.1 Å². The molecule has 3 rings (SSSR count). The molecule has 0 amide bonds. The highest BCUT2D eigenvalue weighted by molar-refractivity contribution is 5.94. The van der Waals surface area contributed by atoms with E-state index >= 15 is 0 Å². The maximum absolute atomic E-state index is 14.3. The summed E-state index contributed by atoms with van der Waals surface area (Å²) in [7, 11) is 0. The van der Waals surface area contributed by atoms with Gasteiger partial charge in [-0.2, -0.15) is 0 Å². The van der Waals surface area contributed by atoms with Gasteiger partial charge in [-0.05, 0) is 26.8 Å². The highest BCUT2D eigenvalue weighted by Crippen LogP contribution is 2.32. The number of aromatic nitrogens is 1. The van der Waals surface area contributed by atoms with Gasteiger partial charge in [0.05, 0.1) is 24.1 Å². The Labute approximate surface area is 135 Å². The van der Waals surface area contributed by atoms with Crippen LogP contribution in [0.5, 0.6) is 0 Å². The van der Waals surface area contributed by atoms with Gasteiger partial charge in [-0.25, -0.2) is 18.0 Å². The number of esters is 1. The predicted molar refractivity (Wildman–Crippen MR) is 81.2 cm³/mol. The van der Waals surface area contributed by atoms with E-state index in [1.807, 2.05) is 13.8 Å². The normalized spacial score (nSPS) is 15.7. The quantitative estimate of drug-likeness (QED) is 0.489. The zero-order valence-electron chi connectivity index (χ0n) is 13.3. The van der Waals surface area contributed by atoms with Crippen molar-refractivity contribution >= 4 is 16.9 Å². The molecule has 0 aliphatic carbocycles. The molecule has 1 aliphatic rings. The Kier molecular flexibility index (Phi) is 3.58. The second kappa shape index (κ2) is 5.25. The summed E-state index contributed by atoms with van der Waals surface area (Å²) in [6.45, 7) is 5.79. The minimum Gasteiger partial charge on any atom is -0.462 e. The first-order chi connectivity index (χ1) is 11.2. The number of hydrogen-bond donors (Lipinski definition) is 0. The van der Waals surface area contributed by atoms with Crippen LogP contribution >= 0.6 is 0 Å². The van der Waals surface area contributed by atoms with Crippen LogP contribution in [-0.2, 0) is 4.74 Å². The molecule has 1 fully saturated rings. The third kappa shape index (κ3) is 2.33. The van der Waals surface area contributed by atoms with Crippen LogP contribution in [0.3, 0.4) is 0 Å². The molecule has 2 heterocycles. The van der Waals surface area contributed by atoms with Gasteiger partial charge in [0.25, 0.3) is 0 Å². The van der Waals surface area contributed by atoms with Crippen molar-refractivity contribution in [3.63, 3.8) is 0 Å². The van der Waals surface area contributed by atoms with Crippen LogP contribution in [0.25, 0.3) is 10.9 Å². The highest BCUT2D eigenvalue weighted by atomic mass is 19.2. The number of ether oxygens (including phenoxy) is 1. The molecule has 1 aliphatic heterocycles. The molecule has 1 aromatic heterocycles.